The molecule has 0 aliphatic carbocycles. The number of thioether (sulfide) groups is 2. The third-order valence-corrected chi connectivity index (χ3v) is 19.5. The van der Waals surface area contributed by atoms with E-state index in [0.29, 0.717) is 48.0 Å². The first-order valence-electron chi connectivity index (χ1n) is 31.8. The molecule has 11 rings (SSSR count). The Morgan fingerprint density at radius 3 is 2.18 bits per heavy atom. The van der Waals surface area contributed by atoms with Crippen LogP contribution in [-0.4, -0.2) is 245 Å². The van der Waals surface area contributed by atoms with Crippen molar-refractivity contribution >= 4 is 110 Å². The Morgan fingerprint density at radius 1 is 0.755 bits per heavy atom. The number of aromatic nitrogens is 1. The standard InChI is InChI=1S/C62H81N17O13S2/c1-11-28(4)43(74-50(82)45-30(6)92-58(76-45)46-31(7)90-55(77-46)40-26-94-60(72-40)47-32(8)91-56(78-47)39-25-93-59(71-39)41(79(9)10)18-15-19-65-62(63)64)48(80)73-42(27(2)3)57-70-37(23-88-57)53-68-35(21-86-53)51-67-36(22-85-51)52-69-38(24-87-52)54-75-44(29(5)89-54)49(81)66-34(61(83)84)20-33-16-13-12-14-17-33/h12-14,16-17,22,27-32,34-35,37-43,45-47H,11,15,18-21,23-26H2,1-10H3,(H7-,63,64,65,66,73,74,80,81,82,83,84)/p+1. The Balaban J connectivity index is 0.682. The molecule has 0 bridgehead atoms. The average Bonchev–Trinajstić information content (AvgIpc) is 1.65. The summed E-state index contributed by atoms with van der Waals surface area (Å²) in [6.45, 7) is 15.8. The number of nitrogens with zero attached hydrogens (tertiary/aromatic N) is 12. The van der Waals surface area contributed by atoms with E-state index >= 15 is 0 Å². The number of carboxylic acids is 1. The minimum Gasteiger partial charge on any atom is -0.480 e. The number of aliphatic imine (C=N–C) groups is 9. The van der Waals surface area contributed by atoms with Gasteiger partial charge in [-0.25, -0.2) is 39.7 Å². The molecule has 2 aromatic rings. The van der Waals surface area contributed by atoms with Gasteiger partial charge in [0.05, 0.1) is 16.1 Å². The van der Waals surface area contributed by atoms with E-state index < -0.39 is 90.3 Å². The summed E-state index contributed by atoms with van der Waals surface area (Å²) >= 11 is 3.33. The highest BCUT2D eigenvalue weighted by molar-refractivity contribution is 8.14. The molecule has 30 nitrogen and oxygen atoms in total. The lowest BCUT2D eigenvalue weighted by Crippen LogP contribution is -2.57. The Labute approximate surface area is 552 Å². The molecule has 9 aliphatic heterocycles. The predicted octanol–water partition coefficient (Wildman–Crippen LogP) is 1.47. The van der Waals surface area contributed by atoms with Crippen LogP contribution in [0.4, 0.5) is 0 Å². The number of rotatable bonds is 27. The second kappa shape index (κ2) is 29.1. The molecule has 17 atom stereocenters. The molecule has 9 aliphatic rings. The summed E-state index contributed by atoms with van der Waals surface area (Å²) in [4.78, 5) is 104. The number of aliphatic carboxylic acids is 1. The first kappa shape index (κ1) is 67.1. The molecule has 94 heavy (non-hydrogen) atoms. The van der Waals surface area contributed by atoms with Gasteiger partial charge in [-0.2, -0.15) is 0 Å². The molecular weight excluding hydrogens is 1250 g/mol. The normalized spacial score (nSPS) is 29.1. The summed E-state index contributed by atoms with van der Waals surface area (Å²) in [5, 5.41) is 20.4. The van der Waals surface area contributed by atoms with Gasteiger partial charge in [-0.15, -0.1) is 23.5 Å². The van der Waals surface area contributed by atoms with E-state index in [0.717, 1.165) is 34.2 Å². The number of carbonyl (C=O) groups is 4. The smallest absolute Gasteiger partial charge is 0.480 e. The molecule has 3 amide bonds. The third-order valence-electron chi connectivity index (χ3n) is 17.2. The Bertz CT molecular complexity index is 3580. The van der Waals surface area contributed by atoms with Crippen LogP contribution >= 0.6 is 23.5 Å². The zero-order valence-corrected chi connectivity index (χ0v) is 55.7. The van der Waals surface area contributed by atoms with Crippen LogP contribution in [0.1, 0.15) is 97.8 Å². The zero-order valence-electron chi connectivity index (χ0n) is 54.1. The number of hydrogen-bond acceptors (Lipinski definition) is 25. The van der Waals surface area contributed by atoms with Crippen molar-refractivity contribution in [3.05, 3.63) is 53.7 Å². The Morgan fingerprint density at radius 2 is 1.46 bits per heavy atom. The molecule has 1 aromatic heterocycles. The van der Waals surface area contributed by atoms with Crippen molar-refractivity contribution in [3.63, 3.8) is 0 Å². The van der Waals surface area contributed by atoms with E-state index in [4.69, 9.17) is 84.0 Å². The number of nitrogens with one attached hydrogen (secondary N) is 3. The summed E-state index contributed by atoms with van der Waals surface area (Å²) in [6.07, 6.45) is 1.64. The van der Waals surface area contributed by atoms with E-state index in [2.05, 4.69) is 40.5 Å². The summed E-state index contributed by atoms with van der Waals surface area (Å²) in [7, 11) is 4.09. The monoisotopic (exact) mass is 1340 g/mol. The van der Waals surface area contributed by atoms with Gasteiger partial charge in [0.1, 0.15) is 80.6 Å². The number of oxazole rings is 1. The zero-order chi connectivity index (χ0) is 66.6. The van der Waals surface area contributed by atoms with Gasteiger partial charge >= 0.3 is 23.5 Å². The molecule has 0 fully saturated rings. The minimum absolute atomic E-state index is 0.0185. The molecule has 8 N–H and O–H groups in total. The van der Waals surface area contributed by atoms with E-state index in [1.165, 1.54) is 6.26 Å². The van der Waals surface area contributed by atoms with Crippen molar-refractivity contribution in [1.82, 2.24) is 30.5 Å². The lowest BCUT2D eigenvalue weighted by molar-refractivity contribution is -0.141. The van der Waals surface area contributed by atoms with Crippen molar-refractivity contribution in [1.29, 1.82) is 0 Å². The number of guanidine groups is 1. The van der Waals surface area contributed by atoms with Crippen LogP contribution in [0.3, 0.4) is 0 Å². The maximum atomic E-state index is 14.4. The van der Waals surface area contributed by atoms with Gasteiger partial charge in [-0.1, -0.05) is 64.4 Å². The molecule has 1 aromatic carbocycles. The number of nitrogens with two attached hydrogens (primary N) is 2. The van der Waals surface area contributed by atoms with Crippen LogP contribution in [0.15, 0.2) is 85.9 Å². The van der Waals surface area contributed by atoms with Crippen LogP contribution in [0, 0.1) is 11.8 Å². The van der Waals surface area contributed by atoms with E-state index in [-0.39, 0.29) is 104 Å². The molecular formula is C62H82N17O13S2+. The van der Waals surface area contributed by atoms with Crippen molar-refractivity contribution < 1.29 is 61.9 Å². The second-order valence-electron chi connectivity index (χ2n) is 24.9. The third kappa shape index (κ3) is 15.1. The van der Waals surface area contributed by atoms with Crippen molar-refractivity contribution in [2.45, 2.75) is 178 Å². The largest absolute Gasteiger partial charge is 0.492 e. The number of ether oxygens (including phenoxy) is 7. The summed E-state index contributed by atoms with van der Waals surface area (Å²) in [5.41, 5.74) is 12.1. The van der Waals surface area contributed by atoms with E-state index in [1.54, 1.807) is 61.6 Å². The number of carbonyl (C=O) groups excluding carboxylic acids is 3. The first-order chi connectivity index (χ1) is 45.1. The fraction of sp³-hybridized carbons (Fsp3) is 0.613. The van der Waals surface area contributed by atoms with Crippen LogP contribution in [0.25, 0.3) is 0 Å². The number of hydrogen-bond donors (Lipinski definition) is 6. The van der Waals surface area contributed by atoms with Gasteiger partial charge in [-0.05, 0) is 76.7 Å². The van der Waals surface area contributed by atoms with Gasteiger partial charge < -0.3 is 75.0 Å². The number of benzene rings is 1. The molecule has 504 valence electrons. The minimum atomic E-state index is -1.18. The summed E-state index contributed by atoms with van der Waals surface area (Å²) in [5.74, 6) is 0.753. The van der Waals surface area contributed by atoms with Crippen molar-refractivity contribution in [2.75, 3.05) is 52.0 Å². The molecule has 32 heteroatoms. The lowest BCUT2D eigenvalue weighted by Gasteiger charge is -2.28. The molecule has 0 radical (unpaired) electrons. The van der Waals surface area contributed by atoms with Crippen LogP contribution < -0.4 is 32.1 Å². The van der Waals surface area contributed by atoms with Gasteiger partial charge in [0.15, 0.2) is 35.8 Å². The van der Waals surface area contributed by atoms with Gasteiger partial charge in [-0.3, -0.25) is 29.4 Å². The average molecular weight is 1340 g/mol. The van der Waals surface area contributed by atoms with Crippen LogP contribution in [0.5, 0.6) is 0 Å². The molecule has 10 heterocycles. The summed E-state index contributed by atoms with van der Waals surface area (Å²) in [6, 6.07) is 1.94. The highest BCUT2D eigenvalue weighted by Gasteiger charge is 2.49. The SMILES string of the molecule is CCC(C)C(NC(=O)C1N=C(C2N=C(C3CSC(C4N=C(C5CSC(C(CCCN=C(N)N)N(C)C)=N5)OC4C)=N3)OC2C)OC1C)C(=O)NC(C1=NC(C2=NC(c3nc(C4=NC(C5=[N+]=C(C(=O)NC(Cc6ccccc6)C(=O)O)C(C)O5)CO4)co3)CO2)CO1)C(C)C. The topological polar surface area (TPSA) is 396 Å². The Kier molecular flexibility index (Phi) is 20.8. The first-order valence-corrected chi connectivity index (χ1v) is 33.8. The molecule has 0 spiro atoms. The van der Waals surface area contributed by atoms with Crippen LogP contribution in [0.2, 0.25) is 0 Å². The van der Waals surface area contributed by atoms with E-state index in [9.17, 15) is 24.3 Å². The van der Waals surface area contributed by atoms with Crippen molar-refractivity contribution in [2.24, 2.45) is 68.2 Å². The molecule has 17 unspecified atom stereocenters. The highest BCUT2D eigenvalue weighted by Crippen LogP contribution is 2.35. The quantitative estimate of drug-likeness (QED) is 0.0319. The second-order valence-corrected chi connectivity index (χ2v) is 27.0. The van der Waals surface area contributed by atoms with Gasteiger partial charge in [0.25, 0.3) is 0 Å². The fourth-order valence-corrected chi connectivity index (χ4v) is 14.2. The maximum Gasteiger partial charge on any atom is 0.492 e. The van der Waals surface area contributed by atoms with Crippen molar-refractivity contribution in [3.8, 4) is 0 Å². The molecule has 0 saturated carbocycles. The van der Waals surface area contributed by atoms with Crippen LogP contribution in [-0.2, 0) is 58.8 Å². The summed E-state index contributed by atoms with van der Waals surface area (Å²) < 4.78 is 53.1. The lowest BCUT2D eigenvalue weighted by atomic mass is 9.96. The molecule has 0 saturated heterocycles. The number of amides is 3. The van der Waals surface area contributed by atoms with Gasteiger partial charge in [0, 0.05) is 24.5 Å². The Hall–Kier alpha value is -8.35. The number of carboxylic acid groups (broad SMARTS) is 1. The maximum absolute atomic E-state index is 14.4. The predicted molar refractivity (Wildman–Crippen MR) is 357 cm³/mol. The van der Waals surface area contributed by atoms with Gasteiger partial charge in [0.2, 0.25) is 65.2 Å². The highest BCUT2D eigenvalue weighted by atomic mass is 32.2. The fourth-order valence-electron chi connectivity index (χ4n) is 11.7. The van der Waals surface area contributed by atoms with E-state index in [1.807, 2.05) is 61.7 Å².